The maximum atomic E-state index is 14.2. The van der Waals surface area contributed by atoms with E-state index in [2.05, 4.69) is 15.8 Å². The van der Waals surface area contributed by atoms with E-state index >= 15 is 0 Å². The molecule has 3 fully saturated rings. The Morgan fingerprint density at radius 1 is 1.05 bits per heavy atom. The van der Waals surface area contributed by atoms with Crippen LogP contribution in [0.25, 0.3) is 11.0 Å². The standard InChI is InChI=1S/C39H56N4O12/c1-19-18-38(6,50)34(53-36-32(47)26(43(8)9)16-20(2)51-36)22(4)31(46)23(5)35(48)52-28(39(7)33(21(3)30(19)45)41-37(49)54-39)14-15-40-29(44)17-25-24-12-10-11-13-27(24)55-42-25/h10-13,19-23,26,28,32-34,36,47,50H,14-18H2,1-9H3,(H,40,44)(H,41,49)/t19-,20-,21+,22+,23-,26+,28-,32-,33+,34-,36+,38-,39-/m1/s1. The van der Waals surface area contributed by atoms with Crippen molar-refractivity contribution in [3.63, 3.8) is 0 Å². The first-order valence-corrected chi connectivity index (χ1v) is 19.0. The van der Waals surface area contributed by atoms with Crippen LogP contribution in [0.3, 0.4) is 0 Å². The number of ether oxygens (including phenoxy) is 4. The molecular formula is C39H56N4O12. The summed E-state index contributed by atoms with van der Waals surface area (Å²) in [6, 6.07) is 5.79. The lowest BCUT2D eigenvalue weighted by Crippen LogP contribution is -2.60. The van der Waals surface area contributed by atoms with E-state index in [1.165, 1.54) is 20.8 Å². The molecule has 55 heavy (non-hydrogen) atoms. The van der Waals surface area contributed by atoms with Crippen LogP contribution in [0, 0.1) is 23.7 Å². The molecule has 2 amide bonds. The summed E-state index contributed by atoms with van der Waals surface area (Å²) >= 11 is 0. The summed E-state index contributed by atoms with van der Waals surface area (Å²) in [5.41, 5.74) is -2.46. The van der Waals surface area contributed by atoms with Crippen LogP contribution in [0.2, 0.25) is 0 Å². The molecule has 16 heteroatoms. The van der Waals surface area contributed by atoms with E-state index in [0.29, 0.717) is 23.1 Å². The van der Waals surface area contributed by atoms with Crippen molar-refractivity contribution in [3.05, 3.63) is 30.0 Å². The van der Waals surface area contributed by atoms with E-state index < -0.39 is 83.4 Å². The molecule has 4 heterocycles. The van der Waals surface area contributed by atoms with E-state index in [1.54, 1.807) is 39.0 Å². The first-order chi connectivity index (χ1) is 25.7. The summed E-state index contributed by atoms with van der Waals surface area (Å²) in [7, 11) is 3.64. The molecule has 1 aromatic heterocycles. The SMILES string of the molecule is C[C@H]1C(=O)O[C@H](CCNC(=O)Cc2noc3ccccc23)[C@@]2(C)OC(=O)N[C@H]2[C@@H](C)C(=O)[C@H](C)C[C@@](C)(O)[C@H](O[C@@H]2O[C@H](C)C[C@H](N(C)C)[C@H]2O)[C@@H](C)C1=O. The Bertz CT molecular complexity index is 1750. The maximum absolute atomic E-state index is 14.2. The summed E-state index contributed by atoms with van der Waals surface area (Å²) in [6.07, 6.45) is -5.87. The summed E-state index contributed by atoms with van der Waals surface area (Å²) in [4.78, 5) is 70.0. The van der Waals surface area contributed by atoms with Crippen molar-refractivity contribution >= 4 is 40.5 Å². The molecule has 304 valence electrons. The lowest BCUT2D eigenvalue weighted by molar-refractivity contribution is -0.293. The normalized spacial score (nSPS) is 37.9. The number of rotatable bonds is 8. The van der Waals surface area contributed by atoms with Crippen molar-refractivity contribution in [3.8, 4) is 0 Å². The van der Waals surface area contributed by atoms with Crippen molar-refractivity contribution in [1.82, 2.24) is 20.7 Å². The van der Waals surface area contributed by atoms with Crippen LogP contribution < -0.4 is 10.6 Å². The predicted molar refractivity (Wildman–Crippen MR) is 196 cm³/mol. The number of carbonyl (C=O) groups is 5. The number of hydrogen-bond acceptors (Lipinski definition) is 14. The van der Waals surface area contributed by atoms with Crippen molar-refractivity contribution in [2.45, 2.75) is 128 Å². The fourth-order valence-electron chi connectivity index (χ4n) is 8.49. The van der Waals surface area contributed by atoms with E-state index in [4.69, 9.17) is 23.5 Å². The smallest absolute Gasteiger partial charge is 0.408 e. The number of nitrogens with zero attached hydrogens (tertiary/aromatic N) is 2. The lowest BCUT2D eigenvalue weighted by atomic mass is 9.73. The maximum Gasteiger partial charge on any atom is 0.408 e. The number of aliphatic hydroxyl groups excluding tert-OH is 1. The number of likely N-dealkylation sites (N-methyl/N-ethyl adjacent to an activating group) is 1. The van der Waals surface area contributed by atoms with Crippen LogP contribution in [0.15, 0.2) is 28.8 Å². The molecule has 16 nitrogen and oxygen atoms in total. The van der Waals surface area contributed by atoms with Crippen LogP contribution in [0.4, 0.5) is 4.79 Å². The van der Waals surface area contributed by atoms with Gasteiger partial charge in [-0.25, -0.2) is 4.79 Å². The second-order valence-electron chi connectivity index (χ2n) is 16.3. The summed E-state index contributed by atoms with van der Waals surface area (Å²) in [5.74, 6) is -6.54. The van der Waals surface area contributed by atoms with E-state index in [1.807, 2.05) is 32.0 Å². The quantitative estimate of drug-likeness (QED) is 0.224. The number of alkyl carbamates (subject to hydrolysis) is 1. The molecule has 4 N–H and O–H groups in total. The Labute approximate surface area is 320 Å². The highest BCUT2D eigenvalue weighted by Crippen LogP contribution is 2.39. The van der Waals surface area contributed by atoms with Crippen LogP contribution in [-0.2, 0) is 44.5 Å². The number of carbonyl (C=O) groups excluding carboxylic acids is 5. The lowest BCUT2D eigenvalue weighted by Gasteiger charge is -2.46. The summed E-state index contributed by atoms with van der Waals surface area (Å²) in [5, 5.41) is 33.6. The number of ketones is 2. The third kappa shape index (κ3) is 8.88. The van der Waals surface area contributed by atoms with Crippen LogP contribution in [0.5, 0.6) is 0 Å². The van der Waals surface area contributed by atoms with Gasteiger partial charge in [0.2, 0.25) is 5.91 Å². The number of aromatic nitrogens is 1. The Hall–Kier alpha value is -3.96. The molecule has 5 rings (SSSR count). The third-order valence-corrected chi connectivity index (χ3v) is 11.6. The highest BCUT2D eigenvalue weighted by atomic mass is 16.7. The molecule has 1 aromatic carbocycles. The number of cyclic esters (lactones) is 1. The van der Waals surface area contributed by atoms with Crippen molar-refractivity contribution in [1.29, 1.82) is 0 Å². The third-order valence-electron chi connectivity index (χ3n) is 11.6. The molecule has 3 saturated heterocycles. The second-order valence-corrected chi connectivity index (χ2v) is 16.3. The number of fused-ring (bicyclic) bond motifs is 2. The molecule has 3 aliphatic rings. The van der Waals surface area contributed by atoms with Gasteiger partial charge in [-0.3, -0.25) is 19.2 Å². The highest BCUT2D eigenvalue weighted by molar-refractivity contribution is 6.00. The minimum atomic E-state index is -1.84. The van der Waals surface area contributed by atoms with Gasteiger partial charge in [0, 0.05) is 42.1 Å². The minimum Gasteiger partial charge on any atom is -0.457 e. The summed E-state index contributed by atoms with van der Waals surface area (Å²) in [6.45, 7) is 11.0. The predicted octanol–water partition coefficient (Wildman–Crippen LogP) is 2.30. The topological polar surface area (TPSA) is 216 Å². The molecule has 0 radical (unpaired) electrons. The van der Waals surface area contributed by atoms with Gasteiger partial charge in [-0.1, -0.05) is 38.1 Å². The van der Waals surface area contributed by atoms with Gasteiger partial charge in [0.25, 0.3) is 0 Å². The average molecular weight is 773 g/mol. The van der Waals surface area contributed by atoms with Gasteiger partial charge < -0.3 is 49.2 Å². The van der Waals surface area contributed by atoms with Gasteiger partial charge in [0.15, 0.2) is 23.3 Å². The van der Waals surface area contributed by atoms with Gasteiger partial charge in [0.1, 0.15) is 29.6 Å². The molecule has 13 atom stereocenters. The number of benzene rings is 1. The zero-order valence-corrected chi connectivity index (χ0v) is 33.1. The van der Waals surface area contributed by atoms with Crippen LogP contribution in [-0.4, -0.2) is 124 Å². The van der Waals surface area contributed by atoms with Crippen LogP contribution >= 0.6 is 0 Å². The first kappa shape index (κ1) is 42.2. The van der Waals surface area contributed by atoms with Crippen molar-refractivity contribution in [2.24, 2.45) is 23.7 Å². The largest absolute Gasteiger partial charge is 0.457 e. The number of hydrogen-bond donors (Lipinski definition) is 4. The number of aliphatic hydroxyl groups is 2. The van der Waals surface area contributed by atoms with Gasteiger partial charge in [-0.15, -0.1) is 0 Å². The Morgan fingerprint density at radius 2 is 1.75 bits per heavy atom. The number of nitrogens with one attached hydrogen (secondary N) is 2. The molecule has 3 aliphatic heterocycles. The highest BCUT2D eigenvalue weighted by Gasteiger charge is 2.57. The summed E-state index contributed by atoms with van der Waals surface area (Å²) < 4.78 is 29.4. The molecule has 0 aliphatic carbocycles. The Balaban J connectivity index is 1.42. The Morgan fingerprint density at radius 3 is 2.44 bits per heavy atom. The zero-order chi connectivity index (χ0) is 40.6. The molecule has 2 aromatic rings. The van der Waals surface area contributed by atoms with Gasteiger partial charge in [0.05, 0.1) is 30.3 Å². The van der Waals surface area contributed by atoms with E-state index in [9.17, 15) is 34.2 Å². The van der Waals surface area contributed by atoms with Gasteiger partial charge in [-0.05, 0) is 66.8 Å². The first-order valence-electron chi connectivity index (χ1n) is 19.0. The molecular weight excluding hydrogens is 716 g/mol. The number of Topliss-reactive ketones (excluding diaryl/α,β-unsaturated/α-hetero) is 2. The van der Waals surface area contributed by atoms with Crippen LogP contribution in [0.1, 0.15) is 73.4 Å². The average Bonchev–Trinajstić information content (AvgIpc) is 3.68. The molecule has 0 saturated carbocycles. The van der Waals surface area contributed by atoms with Gasteiger partial charge >= 0.3 is 12.1 Å². The number of esters is 1. The number of para-hydroxylation sites is 1. The van der Waals surface area contributed by atoms with Gasteiger partial charge in [-0.2, -0.15) is 0 Å². The Kier molecular flexibility index (Phi) is 12.8. The fourth-order valence-corrected chi connectivity index (χ4v) is 8.49. The molecule has 0 unspecified atom stereocenters. The minimum absolute atomic E-state index is 0.0290. The van der Waals surface area contributed by atoms with E-state index in [0.717, 1.165) is 0 Å². The van der Waals surface area contributed by atoms with E-state index in [-0.39, 0.29) is 49.6 Å². The zero-order valence-electron chi connectivity index (χ0n) is 33.1. The number of amides is 2. The fraction of sp³-hybridized carbons (Fsp3) is 0.692. The second kappa shape index (κ2) is 16.6. The molecule has 0 bridgehead atoms. The monoisotopic (exact) mass is 772 g/mol. The van der Waals surface area contributed by atoms with Crippen molar-refractivity contribution in [2.75, 3.05) is 20.6 Å². The molecule has 0 spiro atoms. The van der Waals surface area contributed by atoms with Crippen molar-refractivity contribution < 1.29 is 57.7 Å².